The number of nitrogens with one attached hydrogen (secondary N) is 1. The Morgan fingerprint density at radius 1 is 1.09 bits per heavy atom. The van der Waals surface area contributed by atoms with E-state index in [9.17, 15) is 14.0 Å². The summed E-state index contributed by atoms with van der Waals surface area (Å²) in [6, 6.07) is 17.5. The van der Waals surface area contributed by atoms with Crippen LogP contribution in [0.4, 0.5) is 15.8 Å². The molecule has 32 heavy (non-hydrogen) atoms. The van der Waals surface area contributed by atoms with Crippen LogP contribution in [0.2, 0.25) is 0 Å². The number of carbonyl (C=O) groups excluding carboxylic acids is 2. The molecule has 5 nitrogen and oxygen atoms in total. The fourth-order valence-corrected chi connectivity index (χ4v) is 4.48. The first-order chi connectivity index (χ1) is 15.5. The van der Waals surface area contributed by atoms with Crippen molar-refractivity contribution in [2.24, 2.45) is 0 Å². The summed E-state index contributed by atoms with van der Waals surface area (Å²) < 4.78 is 20.4. The molecule has 0 bridgehead atoms. The summed E-state index contributed by atoms with van der Waals surface area (Å²) in [4.78, 5) is 27.5. The second-order valence-corrected chi connectivity index (χ2v) is 8.24. The number of para-hydroxylation sites is 1. The minimum Gasteiger partial charge on any atom is -0.480 e. The van der Waals surface area contributed by atoms with E-state index in [2.05, 4.69) is 5.32 Å². The molecule has 1 atom stereocenters. The molecule has 0 radical (unpaired) electrons. The Morgan fingerprint density at radius 2 is 1.94 bits per heavy atom. The van der Waals surface area contributed by atoms with Gasteiger partial charge in [0.1, 0.15) is 11.6 Å². The third-order valence-electron chi connectivity index (χ3n) is 6.11. The minimum absolute atomic E-state index is 0.268. The summed E-state index contributed by atoms with van der Waals surface area (Å²) in [5.41, 5.74) is 4.13. The molecule has 1 N–H and O–H groups in total. The third-order valence-corrected chi connectivity index (χ3v) is 6.11. The standard InChI is InChI=1S/C26H23FN2O3/c1-16-11-12-21(27)24-20(16)9-5-13-29(24)26(31)18-7-4-8-19(14-18)28-25(30)23-15-17-6-2-3-10-22(17)32-23/h2-4,6-8,10-12,14,23H,5,9,13,15H2,1H3,(H,28,30). The van der Waals surface area contributed by atoms with E-state index < -0.39 is 6.10 Å². The largest absolute Gasteiger partial charge is 0.480 e. The molecule has 2 aliphatic rings. The molecule has 2 heterocycles. The maximum atomic E-state index is 14.6. The predicted molar refractivity (Wildman–Crippen MR) is 121 cm³/mol. The maximum absolute atomic E-state index is 14.6. The van der Waals surface area contributed by atoms with Crippen molar-refractivity contribution in [2.45, 2.75) is 32.3 Å². The Bertz CT molecular complexity index is 1200. The van der Waals surface area contributed by atoms with Gasteiger partial charge in [0.05, 0.1) is 5.69 Å². The van der Waals surface area contributed by atoms with Crippen LogP contribution < -0.4 is 15.0 Å². The molecule has 2 amide bonds. The fraction of sp³-hybridized carbons (Fsp3) is 0.231. The van der Waals surface area contributed by atoms with E-state index in [0.717, 1.165) is 35.3 Å². The molecule has 2 aliphatic heterocycles. The third kappa shape index (κ3) is 3.62. The zero-order chi connectivity index (χ0) is 22.2. The van der Waals surface area contributed by atoms with Crippen LogP contribution in [0.15, 0.2) is 60.7 Å². The molecule has 5 rings (SSSR count). The number of nitrogens with zero attached hydrogens (tertiary/aromatic N) is 1. The molecule has 0 saturated heterocycles. The number of aryl methyl sites for hydroxylation is 1. The number of hydrogen-bond donors (Lipinski definition) is 1. The molecular weight excluding hydrogens is 407 g/mol. The van der Waals surface area contributed by atoms with E-state index in [1.54, 1.807) is 30.3 Å². The van der Waals surface area contributed by atoms with Gasteiger partial charge in [-0.25, -0.2) is 4.39 Å². The van der Waals surface area contributed by atoms with Gasteiger partial charge in [0.25, 0.3) is 11.8 Å². The van der Waals surface area contributed by atoms with Crippen LogP contribution in [-0.2, 0) is 17.6 Å². The number of rotatable bonds is 3. The number of ether oxygens (including phenoxy) is 1. The normalized spacial score (nSPS) is 16.7. The zero-order valence-electron chi connectivity index (χ0n) is 17.7. The van der Waals surface area contributed by atoms with Crippen LogP contribution >= 0.6 is 0 Å². The van der Waals surface area contributed by atoms with E-state index >= 15 is 0 Å². The SMILES string of the molecule is Cc1ccc(F)c2c1CCCN2C(=O)c1cccc(NC(=O)C2Cc3ccccc3O2)c1. The van der Waals surface area contributed by atoms with Crippen molar-refractivity contribution >= 4 is 23.2 Å². The number of amides is 2. The lowest BCUT2D eigenvalue weighted by atomic mass is 9.96. The van der Waals surface area contributed by atoms with Crippen molar-refractivity contribution in [3.05, 3.63) is 88.7 Å². The van der Waals surface area contributed by atoms with Crippen molar-refractivity contribution < 1.29 is 18.7 Å². The second kappa shape index (κ2) is 8.11. The van der Waals surface area contributed by atoms with E-state index in [-0.39, 0.29) is 17.6 Å². The summed E-state index contributed by atoms with van der Waals surface area (Å²) in [5, 5.41) is 2.85. The molecule has 0 aliphatic carbocycles. The summed E-state index contributed by atoms with van der Waals surface area (Å²) in [6.45, 7) is 2.39. The van der Waals surface area contributed by atoms with Gasteiger partial charge in [-0.2, -0.15) is 0 Å². The van der Waals surface area contributed by atoms with Gasteiger partial charge in [-0.1, -0.05) is 30.3 Å². The Hall–Kier alpha value is -3.67. The van der Waals surface area contributed by atoms with Crippen molar-refractivity contribution in [2.75, 3.05) is 16.8 Å². The van der Waals surface area contributed by atoms with Gasteiger partial charge in [0.2, 0.25) is 0 Å². The van der Waals surface area contributed by atoms with Crippen LogP contribution in [0, 0.1) is 12.7 Å². The molecular formula is C26H23FN2O3. The van der Waals surface area contributed by atoms with Crippen molar-refractivity contribution in [1.82, 2.24) is 0 Å². The minimum atomic E-state index is -0.613. The molecule has 1 unspecified atom stereocenters. The van der Waals surface area contributed by atoms with E-state index in [1.807, 2.05) is 31.2 Å². The summed E-state index contributed by atoms with van der Waals surface area (Å²) in [6.07, 6.45) is 1.42. The number of fused-ring (bicyclic) bond motifs is 2. The molecule has 0 aromatic heterocycles. The highest BCUT2D eigenvalue weighted by atomic mass is 19.1. The van der Waals surface area contributed by atoms with Crippen molar-refractivity contribution in [3.8, 4) is 5.75 Å². The van der Waals surface area contributed by atoms with Crippen LogP contribution in [0.25, 0.3) is 0 Å². The highest BCUT2D eigenvalue weighted by molar-refractivity contribution is 6.08. The average Bonchev–Trinajstić information content (AvgIpc) is 3.25. The van der Waals surface area contributed by atoms with Crippen molar-refractivity contribution in [3.63, 3.8) is 0 Å². The van der Waals surface area contributed by atoms with Gasteiger partial charge in [0.15, 0.2) is 6.10 Å². The van der Waals surface area contributed by atoms with Gasteiger partial charge in [-0.05, 0) is 66.8 Å². The lowest BCUT2D eigenvalue weighted by molar-refractivity contribution is -0.122. The summed E-state index contributed by atoms with van der Waals surface area (Å²) >= 11 is 0. The van der Waals surface area contributed by atoms with Gasteiger partial charge in [0, 0.05) is 24.2 Å². The Morgan fingerprint density at radius 3 is 2.78 bits per heavy atom. The zero-order valence-corrected chi connectivity index (χ0v) is 17.7. The second-order valence-electron chi connectivity index (χ2n) is 8.24. The van der Waals surface area contributed by atoms with Crippen molar-refractivity contribution in [1.29, 1.82) is 0 Å². The highest BCUT2D eigenvalue weighted by Crippen LogP contribution is 2.34. The number of hydrogen-bond acceptors (Lipinski definition) is 3. The van der Waals surface area contributed by atoms with Crippen LogP contribution in [-0.4, -0.2) is 24.5 Å². The smallest absolute Gasteiger partial charge is 0.265 e. The van der Waals surface area contributed by atoms with E-state index in [0.29, 0.717) is 29.9 Å². The first kappa shape index (κ1) is 20.2. The molecule has 0 fully saturated rings. The van der Waals surface area contributed by atoms with Gasteiger partial charge in [-0.15, -0.1) is 0 Å². The Balaban J connectivity index is 1.35. The molecule has 0 spiro atoms. The number of benzene rings is 3. The molecule has 0 saturated carbocycles. The highest BCUT2D eigenvalue weighted by Gasteiger charge is 2.30. The molecule has 162 valence electrons. The maximum Gasteiger partial charge on any atom is 0.265 e. The lowest BCUT2D eigenvalue weighted by Crippen LogP contribution is -2.36. The van der Waals surface area contributed by atoms with E-state index in [1.165, 1.54) is 11.0 Å². The summed E-state index contributed by atoms with van der Waals surface area (Å²) in [7, 11) is 0. The number of carbonyl (C=O) groups is 2. The lowest BCUT2D eigenvalue weighted by Gasteiger charge is -2.31. The van der Waals surface area contributed by atoms with Crippen LogP contribution in [0.3, 0.4) is 0 Å². The molecule has 6 heteroatoms. The number of halogens is 1. The van der Waals surface area contributed by atoms with E-state index in [4.69, 9.17) is 4.74 Å². The monoisotopic (exact) mass is 430 g/mol. The first-order valence-electron chi connectivity index (χ1n) is 10.8. The van der Waals surface area contributed by atoms with Gasteiger partial charge in [-0.3, -0.25) is 9.59 Å². The average molecular weight is 430 g/mol. The predicted octanol–water partition coefficient (Wildman–Crippen LogP) is 4.67. The topological polar surface area (TPSA) is 58.6 Å². The molecule has 3 aromatic rings. The number of anilines is 2. The first-order valence-corrected chi connectivity index (χ1v) is 10.8. The van der Waals surface area contributed by atoms with Gasteiger partial charge >= 0.3 is 0 Å². The van der Waals surface area contributed by atoms with Crippen LogP contribution in [0.5, 0.6) is 5.75 Å². The quantitative estimate of drug-likeness (QED) is 0.657. The fourth-order valence-electron chi connectivity index (χ4n) is 4.48. The summed E-state index contributed by atoms with van der Waals surface area (Å²) in [5.74, 6) is -0.217. The van der Waals surface area contributed by atoms with Crippen LogP contribution in [0.1, 0.15) is 33.5 Å². The molecule has 3 aromatic carbocycles. The Kier molecular flexibility index (Phi) is 5.13. The van der Waals surface area contributed by atoms with Gasteiger partial charge < -0.3 is 15.0 Å². The Labute approximate surface area is 185 Å².